The van der Waals surface area contributed by atoms with Gasteiger partial charge in [0.1, 0.15) is 0 Å². The molecule has 1 aromatic heterocycles. The van der Waals surface area contributed by atoms with Gasteiger partial charge in [-0.1, -0.05) is 0 Å². The number of imidazole rings is 1. The van der Waals surface area contributed by atoms with Crippen molar-refractivity contribution in [2.45, 2.75) is 87.8 Å². The summed E-state index contributed by atoms with van der Waals surface area (Å²) in [6.45, 7) is 15.2. The molecule has 0 fully saturated rings. The van der Waals surface area contributed by atoms with Gasteiger partial charge >= 0.3 is 227 Å². The number of para-hydroxylation sites is 2. The number of aromatic nitrogens is 2. The molecule has 0 saturated heterocycles. The van der Waals surface area contributed by atoms with Crippen LogP contribution in [0.25, 0.3) is 11.4 Å². The van der Waals surface area contributed by atoms with Crippen molar-refractivity contribution in [2.75, 3.05) is 0 Å². The van der Waals surface area contributed by atoms with Gasteiger partial charge in [0.2, 0.25) is 0 Å². The standard InChI is InChI=1S/C27H36N2.2CF3.Au/c1-18(2)22-11-9-12-23(19(3)4)26(22)28-15-16-29(17-28)27-24(20(5)6)13-10-14-25(27)21(7)8;2*2-1(3)4;/h9-16,18-21H,1-8H3;;;/q;;;-1. The van der Waals surface area contributed by atoms with E-state index >= 15 is 0 Å². The van der Waals surface area contributed by atoms with E-state index in [-0.39, 0.29) is 23.7 Å². The molecular weight excluding hydrogens is 687 g/mol. The summed E-state index contributed by atoms with van der Waals surface area (Å²) in [7, 11) is 0. The van der Waals surface area contributed by atoms with Gasteiger partial charge in [-0.05, 0) is 0 Å². The average Bonchev–Trinajstić information content (AvgIpc) is 3.18. The number of rotatable bonds is 6. The van der Waals surface area contributed by atoms with Crippen LogP contribution in [0.2, 0.25) is 0 Å². The monoisotopic (exact) mass is 723 g/mol. The van der Waals surface area contributed by atoms with Gasteiger partial charge in [0, 0.05) is 0 Å². The van der Waals surface area contributed by atoms with Crippen LogP contribution >= 0.6 is 0 Å². The second-order valence-corrected chi connectivity index (χ2v) is 15.5. The third-order valence-electron chi connectivity index (χ3n) is 6.37. The zero-order valence-electron chi connectivity index (χ0n) is 22.9. The number of hydrogen-bond donors (Lipinski definition) is 0. The summed E-state index contributed by atoms with van der Waals surface area (Å²) >= 11 is -5.75. The SMILES string of the molecule is CC(C)c1cccc(C(C)C)c1-n1ccn(-c2c(C(C)C)cccc2C(C)C)[c]1=[Au-]([C](F)(F)F)[C](F)(F)F. The van der Waals surface area contributed by atoms with Crippen molar-refractivity contribution in [3.8, 4) is 11.4 Å². The molecule has 0 radical (unpaired) electrons. The third-order valence-corrected chi connectivity index (χ3v) is 10.8. The fraction of sp³-hybridized carbons (Fsp3) is 0.483. The summed E-state index contributed by atoms with van der Waals surface area (Å²) in [4.78, 5) is 0. The molecule has 0 aliphatic rings. The van der Waals surface area contributed by atoms with Crippen LogP contribution in [-0.2, 0) is 18.0 Å². The molecule has 216 valence electrons. The Labute approximate surface area is 226 Å². The summed E-state index contributed by atoms with van der Waals surface area (Å²) in [5.74, 6) is -0.446. The third kappa shape index (κ3) is 5.92. The summed E-state index contributed by atoms with van der Waals surface area (Å²) in [5.41, 5.74) is 3.65. The molecule has 0 aliphatic carbocycles. The first-order chi connectivity index (χ1) is 17.5. The normalized spacial score (nSPS) is 13.4. The molecule has 0 bridgehead atoms. The molecule has 0 N–H and O–H groups in total. The Morgan fingerprint density at radius 1 is 0.526 bits per heavy atom. The van der Waals surface area contributed by atoms with Crippen LogP contribution in [0.3, 0.4) is 0 Å². The molecule has 0 spiro atoms. The van der Waals surface area contributed by atoms with E-state index in [0.29, 0.717) is 33.6 Å². The summed E-state index contributed by atoms with van der Waals surface area (Å²) in [6.07, 6.45) is 2.78. The number of hydrogen-bond acceptors (Lipinski definition) is 0. The van der Waals surface area contributed by atoms with Gasteiger partial charge in [0.15, 0.2) is 0 Å². The first kappa shape index (κ1) is 30.5. The van der Waals surface area contributed by atoms with Gasteiger partial charge in [-0.3, -0.25) is 0 Å². The van der Waals surface area contributed by atoms with E-state index in [2.05, 4.69) is 0 Å². The summed E-state index contributed by atoms with van der Waals surface area (Å²) in [6, 6.07) is 10.8. The van der Waals surface area contributed by atoms with E-state index in [4.69, 9.17) is 0 Å². The molecule has 3 aromatic rings. The Balaban J connectivity index is 2.73. The van der Waals surface area contributed by atoms with Crippen molar-refractivity contribution >= 4 is 0 Å². The van der Waals surface area contributed by atoms with Crippen molar-refractivity contribution in [2.24, 2.45) is 0 Å². The average molecular weight is 724 g/mol. The van der Waals surface area contributed by atoms with E-state index < -0.39 is 30.4 Å². The first-order valence-electron chi connectivity index (χ1n) is 12.6. The molecule has 0 unspecified atom stereocenters. The van der Waals surface area contributed by atoms with Gasteiger partial charge < -0.3 is 0 Å². The molecule has 0 saturated carbocycles. The molecule has 3 rings (SSSR count). The van der Waals surface area contributed by atoms with Gasteiger partial charge in [0.25, 0.3) is 0 Å². The Hall–Kier alpha value is -2.03. The van der Waals surface area contributed by atoms with Crippen LogP contribution < -0.4 is 0 Å². The molecule has 38 heavy (non-hydrogen) atoms. The van der Waals surface area contributed by atoms with Crippen molar-refractivity contribution in [3.05, 3.63) is 74.7 Å². The van der Waals surface area contributed by atoms with Crippen molar-refractivity contribution < 1.29 is 44.3 Å². The predicted molar refractivity (Wildman–Crippen MR) is 137 cm³/mol. The second kappa shape index (κ2) is 11.2. The predicted octanol–water partition coefficient (Wildman–Crippen LogP) is 9.95. The van der Waals surface area contributed by atoms with E-state index in [1.165, 1.54) is 21.5 Å². The topological polar surface area (TPSA) is 9.86 Å². The number of alkyl halides is 6. The van der Waals surface area contributed by atoms with Crippen LogP contribution in [-0.4, -0.2) is 17.9 Å². The van der Waals surface area contributed by atoms with E-state index in [9.17, 15) is 26.3 Å². The van der Waals surface area contributed by atoms with Crippen LogP contribution in [0.4, 0.5) is 26.3 Å². The van der Waals surface area contributed by atoms with E-state index in [0.717, 1.165) is 0 Å². The van der Waals surface area contributed by atoms with Gasteiger partial charge in [0.05, 0.1) is 0 Å². The fourth-order valence-electron chi connectivity index (χ4n) is 4.65. The van der Waals surface area contributed by atoms with Crippen molar-refractivity contribution in [1.29, 1.82) is 0 Å². The van der Waals surface area contributed by atoms with Crippen LogP contribution in [0.5, 0.6) is 0 Å². The van der Waals surface area contributed by atoms with Crippen LogP contribution in [0, 0.1) is 3.63 Å². The van der Waals surface area contributed by atoms with Gasteiger partial charge in [-0.2, -0.15) is 0 Å². The molecule has 2 nitrogen and oxygen atoms in total. The Morgan fingerprint density at radius 2 is 0.789 bits per heavy atom. The first-order valence-corrected chi connectivity index (χ1v) is 15.8. The zero-order valence-corrected chi connectivity index (χ0v) is 25.1. The van der Waals surface area contributed by atoms with Crippen LogP contribution in [0.1, 0.15) is 101 Å². The Morgan fingerprint density at radius 3 is 1.00 bits per heavy atom. The van der Waals surface area contributed by atoms with Crippen molar-refractivity contribution in [3.63, 3.8) is 0 Å². The van der Waals surface area contributed by atoms with Crippen molar-refractivity contribution in [1.82, 2.24) is 9.13 Å². The van der Waals surface area contributed by atoms with E-state index in [1.807, 2.05) is 67.5 Å². The summed E-state index contributed by atoms with van der Waals surface area (Å²) < 4.78 is 78.0. The minimum absolute atomic E-state index is 0.112. The maximum absolute atomic E-state index is 14.5. The Kier molecular flexibility index (Phi) is 9.01. The Bertz CT molecular complexity index is 1200. The van der Waals surface area contributed by atoms with Crippen LogP contribution in [0.15, 0.2) is 48.8 Å². The van der Waals surface area contributed by atoms with E-state index in [1.54, 1.807) is 24.3 Å². The second-order valence-electron chi connectivity index (χ2n) is 10.5. The fourth-order valence-corrected chi connectivity index (χ4v) is 8.30. The number of halogens is 6. The number of nitrogens with zero attached hydrogens (tertiary/aromatic N) is 2. The molecule has 2 aromatic carbocycles. The molecule has 0 aliphatic heterocycles. The van der Waals surface area contributed by atoms with Gasteiger partial charge in [-0.15, -0.1) is 0 Å². The quantitative estimate of drug-likeness (QED) is 0.177. The number of benzene rings is 2. The molecule has 0 amide bonds. The maximum atomic E-state index is 14.5. The summed E-state index contributed by atoms with van der Waals surface area (Å²) in [5, 5.41) is 0. The minimum atomic E-state index is -5.75. The molecule has 9 heteroatoms. The molecule has 0 atom stereocenters. The molecular formula is C29H36AuF6N2-. The van der Waals surface area contributed by atoms with Gasteiger partial charge in [-0.25, -0.2) is 0 Å². The molecule has 1 heterocycles. The zero-order chi connectivity index (χ0) is 28.7.